The average molecular weight is 247 g/mol. The number of carbonyl (C=O) groups excluding carboxylic acids is 1. The number of hydrogen-bond donors (Lipinski definition) is 2. The van der Waals surface area contributed by atoms with Gasteiger partial charge in [-0.2, -0.15) is 0 Å². The molecule has 4 nitrogen and oxygen atoms in total. The molecule has 0 unspecified atom stereocenters. The first-order valence-electron chi connectivity index (χ1n) is 6.48. The van der Waals surface area contributed by atoms with Crippen molar-refractivity contribution in [3.05, 3.63) is 29.8 Å². The van der Waals surface area contributed by atoms with Crippen LogP contribution in [0.1, 0.15) is 24.8 Å². The third-order valence-corrected chi connectivity index (χ3v) is 3.20. The third kappa shape index (κ3) is 3.74. The predicted molar refractivity (Wildman–Crippen MR) is 73.4 cm³/mol. The summed E-state index contributed by atoms with van der Waals surface area (Å²) in [6.45, 7) is 1.27. The average Bonchev–Trinajstić information content (AvgIpc) is 3.20. The molecule has 4 heteroatoms. The van der Waals surface area contributed by atoms with E-state index in [2.05, 4.69) is 16.3 Å². The fourth-order valence-electron chi connectivity index (χ4n) is 1.85. The van der Waals surface area contributed by atoms with Gasteiger partial charge in [-0.05, 0) is 30.5 Å². The maximum absolute atomic E-state index is 11.6. The number of nitrogens with two attached hydrogens (primary N) is 1. The van der Waals surface area contributed by atoms with E-state index in [0.717, 1.165) is 30.6 Å². The van der Waals surface area contributed by atoms with Gasteiger partial charge < -0.3 is 16.0 Å². The second kappa shape index (κ2) is 5.87. The van der Waals surface area contributed by atoms with Gasteiger partial charge in [-0.1, -0.05) is 12.1 Å². The molecule has 1 aromatic rings. The SMILES string of the molecule is CN(CCC(=O)NC1CC1)c1cccc(CN)c1. The van der Waals surface area contributed by atoms with Crippen LogP contribution in [0.2, 0.25) is 0 Å². The predicted octanol–water partition coefficient (Wildman–Crippen LogP) is 1.25. The second-order valence-electron chi connectivity index (χ2n) is 4.89. The summed E-state index contributed by atoms with van der Waals surface area (Å²) >= 11 is 0. The van der Waals surface area contributed by atoms with Gasteiger partial charge in [0.25, 0.3) is 0 Å². The molecule has 0 aliphatic heterocycles. The van der Waals surface area contributed by atoms with Crippen LogP contribution in [0.4, 0.5) is 5.69 Å². The van der Waals surface area contributed by atoms with Gasteiger partial charge in [0.1, 0.15) is 0 Å². The minimum Gasteiger partial charge on any atom is -0.374 e. The summed E-state index contributed by atoms with van der Waals surface area (Å²) in [6, 6.07) is 8.56. The first-order valence-corrected chi connectivity index (χ1v) is 6.48. The van der Waals surface area contributed by atoms with Crippen LogP contribution in [0.5, 0.6) is 0 Å². The maximum atomic E-state index is 11.6. The third-order valence-electron chi connectivity index (χ3n) is 3.20. The quantitative estimate of drug-likeness (QED) is 0.795. The zero-order valence-electron chi connectivity index (χ0n) is 10.9. The van der Waals surface area contributed by atoms with Gasteiger partial charge in [0.15, 0.2) is 0 Å². The summed E-state index contributed by atoms with van der Waals surface area (Å²) in [5.41, 5.74) is 7.84. The van der Waals surface area contributed by atoms with Crippen LogP contribution in [-0.2, 0) is 11.3 Å². The van der Waals surface area contributed by atoms with Crippen molar-refractivity contribution in [1.29, 1.82) is 0 Å². The van der Waals surface area contributed by atoms with Crippen molar-refractivity contribution in [3.8, 4) is 0 Å². The molecule has 98 valence electrons. The molecule has 1 aromatic carbocycles. The Kier molecular flexibility index (Phi) is 4.20. The molecule has 1 saturated carbocycles. The fourth-order valence-corrected chi connectivity index (χ4v) is 1.85. The summed E-state index contributed by atoms with van der Waals surface area (Å²) in [4.78, 5) is 13.7. The molecule has 0 radical (unpaired) electrons. The highest BCUT2D eigenvalue weighted by Crippen LogP contribution is 2.19. The van der Waals surface area contributed by atoms with Crippen LogP contribution in [0.25, 0.3) is 0 Å². The highest BCUT2D eigenvalue weighted by Gasteiger charge is 2.22. The van der Waals surface area contributed by atoms with Crippen molar-refractivity contribution in [3.63, 3.8) is 0 Å². The maximum Gasteiger partial charge on any atom is 0.221 e. The Morgan fingerprint density at radius 2 is 2.28 bits per heavy atom. The van der Waals surface area contributed by atoms with E-state index in [4.69, 9.17) is 5.73 Å². The minimum atomic E-state index is 0.152. The summed E-state index contributed by atoms with van der Waals surface area (Å²) in [7, 11) is 2.00. The van der Waals surface area contributed by atoms with E-state index in [0.29, 0.717) is 19.0 Å². The van der Waals surface area contributed by atoms with Gasteiger partial charge in [-0.15, -0.1) is 0 Å². The van der Waals surface area contributed by atoms with Crippen molar-refractivity contribution >= 4 is 11.6 Å². The van der Waals surface area contributed by atoms with Crippen LogP contribution in [-0.4, -0.2) is 25.5 Å². The van der Waals surface area contributed by atoms with Crippen LogP contribution in [0.15, 0.2) is 24.3 Å². The van der Waals surface area contributed by atoms with E-state index in [-0.39, 0.29) is 5.91 Å². The molecular formula is C14H21N3O. The van der Waals surface area contributed by atoms with E-state index >= 15 is 0 Å². The summed E-state index contributed by atoms with van der Waals surface area (Å²) in [6.07, 6.45) is 2.82. The van der Waals surface area contributed by atoms with Gasteiger partial charge in [0.05, 0.1) is 0 Å². The highest BCUT2D eigenvalue weighted by molar-refractivity contribution is 5.77. The molecule has 1 aliphatic rings. The monoisotopic (exact) mass is 247 g/mol. The van der Waals surface area contributed by atoms with Gasteiger partial charge in [-0.25, -0.2) is 0 Å². The molecule has 0 atom stereocenters. The second-order valence-corrected chi connectivity index (χ2v) is 4.89. The van der Waals surface area contributed by atoms with Crippen molar-refractivity contribution in [2.24, 2.45) is 5.73 Å². The summed E-state index contributed by atoms with van der Waals surface area (Å²) in [5, 5.41) is 3.00. The smallest absolute Gasteiger partial charge is 0.221 e. The fraction of sp³-hybridized carbons (Fsp3) is 0.500. The number of benzene rings is 1. The molecule has 18 heavy (non-hydrogen) atoms. The summed E-state index contributed by atoms with van der Waals surface area (Å²) in [5.74, 6) is 0.152. The van der Waals surface area contributed by atoms with Crippen LogP contribution < -0.4 is 16.0 Å². The largest absolute Gasteiger partial charge is 0.374 e. The lowest BCUT2D eigenvalue weighted by Gasteiger charge is -2.19. The normalized spacial score (nSPS) is 14.3. The molecular weight excluding hydrogens is 226 g/mol. The number of anilines is 1. The number of nitrogens with one attached hydrogen (secondary N) is 1. The lowest BCUT2D eigenvalue weighted by molar-refractivity contribution is -0.121. The molecule has 0 saturated heterocycles. The Hall–Kier alpha value is -1.55. The van der Waals surface area contributed by atoms with Gasteiger partial charge in [0, 0.05) is 38.3 Å². The van der Waals surface area contributed by atoms with Crippen molar-refractivity contribution < 1.29 is 4.79 Å². The Bertz CT molecular complexity index is 415. The number of hydrogen-bond acceptors (Lipinski definition) is 3. The molecule has 1 aliphatic carbocycles. The minimum absolute atomic E-state index is 0.152. The van der Waals surface area contributed by atoms with Gasteiger partial charge in [-0.3, -0.25) is 4.79 Å². The zero-order chi connectivity index (χ0) is 13.0. The number of rotatable bonds is 6. The molecule has 0 heterocycles. The molecule has 0 spiro atoms. The number of nitrogens with zero attached hydrogens (tertiary/aromatic N) is 1. The lowest BCUT2D eigenvalue weighted by atomic mass is 10.2. The Balaban J connectivity index is 1.82. The number of amides is 1. The zero-order valence-corrected chi connectivity index (χ0v) is 10.9. The summed E-state index contributed by atoms with van der Waals surface area (Å²) < 4.78 is 0. The Morgan fingerprint density at radius 1 is 1.50 bits per heavy atom. The topological polar surface area (TPSA) is 58.4 Å². The first-order chi connectivity index (χ1) is 8.69. The molecule has 0 aromatic heterocycles. The van der Waals surface area contributed by atoms with Crippen LogP contribution in [0.3, 0.4) is 0 Å². The molecule has 2 rings (SSSR count). The van der Waals surface area contributed by atoms with Crippen molar-refractivity contribution in [2.75, 3.05) is 18.5 Å². The lowest BCUT2D eigenvalue weighted by Crippen LogP contribution is -2.30. The van der Waals surface area contributed by atoms with E-state index < -0.39 is 0 Å². The van der Waals surface area contributed by atoms with Crippen LogP contribution >= 0.6 is 0 Å². The molecule has 3 N–H and O–H groups in total. The standard InChI is InChI=1S/C14H21N3O/c1-17(8-7-14(18)16-12-5-6-12)13-4-2-3-11(9-13)10-15/h2-4,9,12H,5-8,10,15H2,1H3,(H,16,18). The first kappa shape index (κ1) is 12.9. The highest BCUT2D eigenvalue weighted by atomic mass is 16.1. The van der Waals surface area contributed by atoms with Crippen molar-refractivity contribution in [1.82, 2.24) is 5.32 Å². The van der Waals surface area contributed by atoms with Crippen LogP contribution in [0, 0.1) is 0 Å². The molecule has 1 fully saturated rings. The Labute approximate surface area is 108 Å². The van der Waals surface area contributed by atoms with E-state index in [1.807, 2.05) is 25.2 Å². The molecule has 0 bridgehead atoms. The van der Waals surface area contributed by atoms with Gasteiger partial charge in [0.2, 0.25) is 5.91 Å². The van der Waals surface area contributed by atoms with Gasteiger partial charge >= 0.3 is 0 Å². The Morgan fingerprint density at radius 3 is 2.94 bits per heavy atom. The van der Waals surface area contributed by atoms with Crippen molar-refractivity contribution in [2.45, 2.75) is 31.8 Å². The molecule has 1 amide bonds. The van der Waals surface area contributed by atoms with E-state index in [1.54, 1.807) is 0 Å². The van der Waals surface area contributed by atoms with E-state index in [9.17, 15) is 4.79 Å². The number of carbonyl (C=O) groups is 1. The van der Waals surface area contributed by atoms with E-state index in [1.165, 1.54) is 0 Å².